The highest BCUT2D eigenvalue weighted by molar-refractivity contribution is 5.74. The maximum absolute atomic E-state index is 11.6. The van der Waals surface area contributed by atoms with Crippen molar-refractivity contribution in [2.24, 2.45) is 0 Å². The molecule has 4 heteroatoms. The number of hydrogen-bond donors (Lipinski definition) is 0. The first-order chi connectivity index (χ1) is 9.02. The maximum Gasteiger partial charge on any atom is 0.335 e. The quantitative estimate of drug-likeness (QED) is 0.561. The summed E-state index contributed by atoms with van der Waals surface area (Å²) >= 11 is 0. The van der Waals surface area contributed by atoms with Crippen LogP contribution < -0.4 is 4.74 Å². The van der Waals surface area contributed by atoms with Crippen molar-refractivity contribution in [1.29, 1.82) is 0 Å². The fourth-order valence-electron chi connectivity index (χ4n) is 1.36. The van der Waals surface area contributed by atoms with Crippen LogP contribution in [0.1, 0.15) is 19.4 Å². The highest BCUT2D eigenvalue weighted by Crippen LogP contribution is 2.14. The molecule has 1 aromatic rings. The maximum atomic E-state index is 11.6. The summed E-state index contributed by atoms with van der Waals surface area (Å²) in [7, 11) is 1.61. The second-order valence-corrected chi connectivity index (χ2v) is 4.37. The summed E-state index contributed by atoms with van der Waals surface area (Å²) in [5.41, 5.74) is 1.74. The van der Waals surface area contributed by atoms with Crippen LogP contribution in [-0.4, -0.2) is 25.8 Å². The molecule has 1 aromatic carbocycles. The van der Waals surface area contributed by atoms with E-state index < -0.39 is 6.10 Å². The number of carbonyl (C=O) groups is 1. The number of hydrogen-bond acceptors (Lipinski definition) is 4. The van der Waals surface area contributed by atoms with Gasteiger partial charge in [0, 0.05) is 0 Å². The van der Waals surface area contributed by atoms with Gasteiger partial charge >= 0.3 is 5.97 Å². The summed E-state index contributed by atoms with van der Waals surface area (Å²) in [5, 5.41) is 0. The minimum atomic E-state index is -0.606. The number of methoxy groups -OCH3 is 1. The van der Waals surface area contributed by atoms with Crippen LogP contribution in [0.4, 0.5) is 0 Å². The van der Waals surface area contributed by atoms with Crippen LogP contribution in [0.5, 0.6) is 5.75 Å². The molecule has 0 saturated heterocycles. The molecule has 0 aromatic heterocycles. The van der Waals surface area contributed by atoms with Gasteiger partial charge in [-0.1, -0.05) is 18.7 Å². The molecule has 0 heterocycles. The lowest BCUT2D eigenvalue weighted by Gasteiger charge is -2.13. The van der Waals surface area contributed by atoms with E-state index in [1.54, 1.807) is 21.0 Å². The fourth-order valence-corrected chi connectivity index (χ4v) is 1.36. The predicted molar refractivity (Wildman–Crippen MR) is 73.0 cm³/mol. The topological polar surface area (TPSA) is 44.8 Å². The van der Waals surface area contributed by atoms with Crippen molar-refractivity contribution in [3.8, 4) is 5.75 Å². The van der Waals surface area contributed by atoms with E-state index in [1.807, 2.05) is 24.3 Å². The standard InChI is InChI=1S/C15H20O4/c1-11(2)9-19-15(16)12(3)18-10-13-6-5-7-14(8-13)17-4/h5-8,12H,1,9-10H2,2-4H3. The van der Waals surface area contributed by atoms with Gasteiger partial charge in [0.15, 0.2) is 6.10 Å². The molecule has 0 aliphatic heterocycles. The van der Waals surface area contributed by atoms with E-state index >= 15 is 0 Å². The molecule has 0 aliphatic carbocycles. The molecule has 0 N–H and O–H groups in total. The van der Waals surface area contributed by atoms with Gasteiger partial charge in [-0.3, -0.25) is 0 Å². The Labute approximate surface area is 114 Å². The van der Waals surface area contributed by atoms with E-state index in [0.717, 1.165) is 16.9 Å². The molecule has 4 nitrogen and oxygen atoms in total. The van der Waals surface area contributed by atoms with Crippen LogP contribution in [0.2, 0.25) is 0 Å². The van der Waals surface area contributed by atoms with Crippen molar-refractivity contribution in [2.75, 3.05) is 13.7 Å². The molecule has 1 rings (SSSR count). The Kier molecular flexibility index (Phi) is 6.09. The van der Waals surface area contributed by atoms with Gasteiger partial charge in [0.2, 0.25) is 0 Å². The smallest absolute Gasteiger partial charge is 0.335 e. The summed E-state index contributed by atoms with van der Waals surface area (Å²) in [6.07, 6.45) is -0.606. The van der Waals surface area contributed by atoms with Crippen LogP contribution in [0.25, 0.3) is 0 Å². The van der Waals surface area contributed by atoms with Gasteiger partial charge in [-0.25, -0.2) is 4.79 Å². The lowest BCUT2D eigenvalue weighted by molar-refractivity contribution is -0.155. The van der Waals surface area contributed by atoms with Crippen molar-refractivity contribution >= 4 is 5.97 Å². The Balaban J connectivity index is 2.42. The fraction of sp³-hybridized carbons (Fsp3) is 0.400. The van der Waals surface area contributed by atoms with E-state index in [0.29, 0.717) is 6.61 Å². The molecular weight excluding hydrogens is 244 g/mol. The zero-order valence-corrected chi connectivity index (χ0v) is 11.6. The second-order valence-electron chi connectivity index (χ2n) is 4.37. The summed E-state index contributed by atoms with van der Waals surface area (Å²) in [5.74, 6) is 0.379. The average molecular weight is 264 g/mol. The zero-order valence-electron chi connectivity index (χ0n) is 11.6. The summed E-state index contributed by atoms with van der Waals surface area (Å²) in [6, 6.07) is 7.51. The van der Waals surface area contributed by atoms with E-state index in [2.05, 4.69) is 6.58 Å². The number of carbonyl (C=O) groups excluding carboxylic acids is 1. The van der Waals surface area contributed by atoms with Gasteiger partial charge in [0.1, 0.15) is 12.4 Å². The molecule has 0 fully saturated rings. The SMILES string of the molecule is C=C(C)COC(=O)C(C)OCc1cccc(OC)c1. The Morgan fingerprint density at radius 2 is 2.16 bits per heavy atom. The molecule has 0 amide bonds. The molecule has 0 spiro atoms. The summed E-state index contributed by atoms with van der Waals surface area (Å²) < 4.78 is 15.6. The van der Waals surface area contributed by atoms with Gasteiger partial charge in [0.05, 0.1) is 13.7 Å². The lowest BCUT2D eigenvalue weighted by Crippen LogP contribution is -2.23. The van der Waals surface area contributed by atoms with Crippen molar-refractivity contribution in [1.82, 2.24) is 0 Å². The van der Waals surface area contributed by atoms with Crippen LogP contribution in [-0.2, 0) is 20.9 Å². The van der Waals surface area contributed by atoms with Crippen molar-refractivity contribution in [3.63, 3.8) is 0 Å². The van der Waals surface area contributed by atoms with Crippen molar-refractivity contribution in [3.05, 3.63) is 42.0 Å². The molecular formula is C15H20O4. The molecule has 0 aliphatic rings. The van der Waals surface area contributed by atoms with Crippen LogP contribution in [0.15, 0.2) is 36.4 Å². The molecule has 19 heavy (non-hydrogen) atoms. The largest absolute Gasteiger partial charge is 0.497 e. The van der Waals surface area contributed by atoms with Crippen molar-refractivity contribution in [2.45, 2.75) is 26.6 Å². The summed E-state index contributed by atoms with van der Waals surface area (Å²) in [6.45, 7) is 7.70. The zero-order chi connectivity index (χ0) is 14.3. The Morgan fingerprint density at radius 1 is 1.42 bits per heavy atom. The third-order valence-corrected chi connectivity index (χ3v) is 2.43. The molecule has 1 atom stereocenters. The first kappa shape index (κ1) is 15.2. The normalized spacial score (nSPS) is 11.7. The first-order valence-electron chi connectivity index (χ1n) is 6.08. The van der Waals surface area contributed by atoms with Crippen LogP contribution in [0.3, 0.4) is 0 Å². The predicted octanol–water partition coefficient (Wildman–Crippen LogP) is 2.72. The first-order valence-corrected chi connectivity index (χ1v) is 6.08. The molecule has 0 saturated carbocycles. The summed E-state index contributed by atoms with van der Waals surface area (Å²) in [4.78, 5) is 11.6. The van der Waals surface area contributed by atoms with Gasteiger partial charge in [-0.15, -0.1) is 0 Å². The minimum Gasteiger partial charge on any atom is -0.497 e. The van der Waals surface area contributed by atoms with Gasteiger partial charge in [0.25, 0.3) is 0 Å². The van der Waals surface area contributed by atoms with Crippen LogP contribution in [0, 0.1) is 0 Å². The third-order valence-electron chi connectivity index (χ3n) is 2.43. The van der Waals surface area contributed by atoms with E-state index in [4.69, 9.17) is 14.2 Å². The lowest BCUT2D eigenvalue weighted by atomic mass is 10.2. The highest BCUT2D eigenvalue weighted by atomic mass is 16.6. The highest BCUT2D eigenvalue weighted by Gasteiger charge is 2.15. The monoisotopic (exact) mass is 264 g/mol. The van der Waals surface area contributed by atoms with Gasteiger partial charge in [-0.2, -0.15) is 0 Å². The second kappa shape index (κ2) is 7.59. The number of rotatable bonds is 7. The molecule has 0 radical (unpaired) electrons. The number of benzene rings is 1. The molecule has 1 unspecified atom stereocenters. The van der Waals surface area contributed by atoms with Gasteiger partial charge in [-0.05, 0) is 37.1 Å². The van der Waals surface area contributed by atoms with Crippen molar-refractivity contribution < 1.29 is 19.0 Å². The molecule has 0 bridgehead atoms. The Bertz CT molecular complexity index is 440. The van der Waals surface area contributed by atoms with Crippen LogP contribution >= 0.6 is 0 Å². The van der Waals surface area contributed by atoms with E-state index in [1.165, 1.54) is 0 Å². The number of ether oxygens (including phenoxy) is 3. The minimum absolute atomic E-state index is 0.228. The Morgan fingerprint density at radius 3 is 2.79 bits per heavy atom. The Hall–Kier alpha value is -1.81. The van der Waals surface area contributed by atoms with E-state index in [9.17, 15) is 4.79 Å². The third kappa shape index (κ3) is 5.57. The average Bonchev–Trinajstić information content (AvgIpc) is 2.42. The van der Waals surface area contributed by atoms with Gasteiger partial charge < -0.3 is 14.2 Å². The molecule has 104 valence electrons. The van der Waals surface area contributed by atoms with E-state index in [-0.39, 0.29) is 12.6 Å². The number of esters is 1.